The largest absolute Gasteiger partial charge is 0.508 e. The van der Waals surface area contributed by atoms with Crippen LogP contribution in [0.5, 0.6) is 5.75 Å². The monoisotopic (exact) mass is 261 g/mol. The van der Waals surface area contributed by atoms with Crippen LogP contribution in [-0.2, 0) is 0 Å². The number of anilines is 1. The van der Waals surface area contributed by atoms with Crippen LogP contribution >= 0.6 is 0 Å². The van der Waals surface area contributed by atoms with Gasteiger partial charge in [0.05, 0.1) is 0 Å². The average molecular weight is 261 g/mol. The summed E-state index contributed by atoms with van der Waals surface area (Å²) in [6.45, 7) is 0. The smallest absolute Gasteiger partial charge is 0.371 e. The van der Waals surface area contributed by atoms with Crippen LogP contribution in [-0.4, -0.2) is 29.1 Å². The molecule has 0 aliphatic carbocycles. The van der Waals surface area contributed by atoms with Crippen LogP contribution in [0, 0.1) is 0 Å². The van der Waals surface area contributed by atoms with E-state index in [1.165, 1.54) is 36.2 Å². The quantitative estimate of drug-likeness (QED) is 0.881. The molecule has 6 nitrogen and oxygen atoms in total. The Hall–Kier alpha value is -2.76. The van der Waals surface area contributed by atoms with Crippen LogP contribution in [0.4, 0.5) is 5.69 Å². The summed E-state index contributed by atoms with van der Waals surface area (Å²) in [4.78, 5) is 24.0. The fourth-order valence-electron chi connectivity index (χ4n) is 1.55. The first-order chi connectivity index (χ1) is 8.99. The normalized spacial score (nSPS) is 10.2. The Kier molecular flexibility index (Phi) is 3.24. The van der Waals surface area contributed by atoms with Gasteiger partial charge in [0, 0.05) is 18.8 Å². The molecule has 0 aliphatic heterocycles. The maximum atomic E-state index is 12.0. The van der Waals surface area contributed by atoms with Gasteiger partial charge in [0.1, 0.15) is 5.75 Å². The molecule has 0 atom stereocenters. The molecule has 6 heteroatoms. The molecule has 1 aromatic heterocycles. The van der Waals surface area contributed by atoms with Gasteiger partial charge in [-0.15, -0.1) is 0 Å². The second-order valence-corrected chi connectivity index (χ2v) is 3.85. The second-order valence-electron chi connectivity index (χ2n) is 3.85. The topological polar surface area (TPSA) is 91.0 Å². The second kappa shape index (κ2) is 4.85. The number of hydrogen-bond acceptors (Lipinski definition) is 4. The van der Waals surface area contributed by atoms with Crippen molar-refractivity contribution in [2.75, 3.05) is 11.9 Å². The number of aromatic hydroxyl groups is 1. The molecule has 0 bridgehead atoms. The SMILES string of the molecule is CN(C(=O)c1ccc(C(=O)O)o1)c1cccc(O)c1. The standard InChI is InChI=1S/C13H11NO5/c1-14(8-3-2-4-9(15)7-8)12(16)10-5-6-11(19-10)13(17)18/h2-7,15H,1H3,(H,17,18). The van der Waals surface area contributed by atoms with E-state index in [-0.39, 0.29) is 17.3 Å². The summed E-state index contributed by atoms with van der Waals surface area (Å²) in [5, 5.41) is 18.1. The minimum atomic E-state index is -1.24. The summed E-state index contributed by atoms with van der Waals surface area (Å²) in [7, 11) is 1.50. The van der Waals surface area contributed by atoms with E-state index in [9.17, 15) is 14.7 Å². The average Bonchev–Trinajstić information content (AvgIpc) is 2.86. The van der Waals surface area contributed by atoms with E-state index in [0.29, 0.717) is 5.69 Å². The third-order valence-corrected chi connectivity index (χ3v) is 2.55. The summed E-state index contributed by atoms with van der Waals surface area (Å²) in [5.74, 6) is -2.09. The van der Waals surface area contributed by atoms with E-state index in [2.05, 4.69) is 0 Å². The summed E-state index contributed by atoms with van der Waals surface area (Å²) < 4.78 is 4.93. The van der Waals surface area contributed by atoms with Crippen LogP contribution in [0.15, 0.2) is 40.8 Å². The number of nitrogens with zero attached hydrogens (tertiary/aromatic N) is 1. The molecule has 0 unspecified atom stereocenters. The van der Waals surface area contributed by atoms with E-state index < -0.39 is 11.9 Å². The number of aromatic carboxylic acids is 1. The van der Waals surface area contributed by atoms with Gasteiger partial charge in [-0.1, -0.05) is 6.07 Å². The number of furan rings is 1. The van der Waals surface area contributed by atoms with Gasteiger partial charge in [-0.25, -0.2) is 4.79 Å². The first-order valence-electron chi connectivity index (χ1n) is 5.39. The van der Waals surface area contributed by atoms with Crippen molar-refractivity contribution in [2.24, 2.45) is 0 Å². The van der Waals surface area contributed by atoms with Crippen molar-refractivity contribution in [2.45, 2.75) is 0 Å². The minimum absolute atomic E-state index is 0.0304. The zero-order valence-electron chi connectivity index (χ0n) is 10.0. The highest BCUT2D eigenvalue weighted by Crippen LogP contribution is 2.21. The van der Waals surface area contributed by atoms with Crippen molar-refractivity contribution in [1.29, 1.82) is 0 Å². The molecule has 19 heavy (non-hydrogen) atoms. The van der Waals surface area contributed by atoms with Gasteiger partial charge in [0.15, 0.2) is 5.76 Å². The first-order valence-corrected chi connectivity index (χ1v) is 5.39. The van der Waals surface area contributed by atoms with Crippen molar-refractivity contribution in [3.63, 3.8) is 0 Å². The molecule has 0 spiro atoms. The van der Waals surface area contributed by atoms with Crippen molar-refractivity contribution < 1.29 is 24.2 Å². The third-order valence-electron chi connectivity index (χ3n) is 2.55. The Morgan fingerprint density at radius 3 is 2.42 bits per heavy atom. The zero-order valence-corrected chi connectivity index (χ0v) is 10.0. The molecular weight excluding hydrogens is 250 g/mol. The molecule has 2 rings (SSSR count). The van der Waals surface area contributed by atoms with E-state index in [1.807, 2.05) is 0 Å². The van der Waals surface area contributed by atoms with E-state index in [1.54, 1.807) is 12.1 Å². The molecule has 1 heterocycles. The van der Waals surface area contributed by atoms with E-state index >= 15 is 0 Å². The third kappa shape index (κ3) is 2.57. The van der Waals surface area contributed by atoms with Crippen LogP contribution in [0.3, 0.4) is 0 Å². The lowest BCUT2D eigenvalue weighted by Gasteiger charge is -2.15. The lowest BCUT2D eigenvalue weighted by molar-refractivity contribution is 0.0660. The molecule has 0 aliphatic rings. The number of phenols is 1. The summed E-state index contributed by atoms with van der Waals surface area (Å²) in [6, 6.07) is 8.64. The Morgan fingerprint density at radius 1 is 1.16 bits per heavy atom. The molecular formula is C13H11NO5. The number of benzene rings is 1. The number of rotatable bonds is 3. The lowest BCUT2D eigenvalue weighted by atomic mass is 10.2. The Labute approximate surface area is 108 Å². The van der Waals surface area contributed by atoms with Gasteiger partial charge in [-0.3, -0.25) is 4.79 Å². The number of carboxylic acid groups (broad SMARTS) is 1. The predicted octanol–water partition coefficient (Wildman–Crippen LogP) is 1.96. The maximum absolute atomic E-state index is 12.0. The Morgan fingerprint density at radius 2 is 1.84 bits per heavy atom. The van der Waals surface area contributed by atoms with Gasteiger partial charge in [0.2, 0.25) is 5.76 Å². The van der Waals surface area contributed by atoms with Crippen LogP contribution in [0.25, 0.3) is 0 Å². The van der Waals surface area contributed by atoms with Gasteiger partial charge in [-0.05, 0) is 24.3 Å². The van der Waals surface area contributed by atoms with Crippen LogP contribution < -0.4 is 4.90 Å². The molecule has 2 N–H and O–H groups in total. The number of carbonyl (C=O) groups is 2. The van der Waals surface area contributed by atoms with Crippen LogP contribution in [0.1, 0.15) is 21.1 Å². The fourth-order valence-corrected chi connectivity index (χ4v) is 1.55. The van der Waals surface area contributed by atoms with Crippen molar-refractivity contribution >= 4 is 17.6 Å². The summed E-state index contributed by atoms with van der Waals surface area (Å²) >= 11 is 0. The number of phenolic OH excluding ortho intramolecular Hbond substituents is 1. The van der Waals surface area contributed by atoms with Crippen LogP contribution in [0.2, 0.25) is 0 Å². The van der Waals surface area contributed by atoms with Crippen molar-refractivity contribution in [3.8, 4) is 5.75 Å². The lowest BCUT2D eigenvalue weighted by Crippen LogP contribution is -2.25. The maximum Gasteiger partial charge on any atom is 0.371 e. The molecule has 0 saturated carbocycles. The first kappa shape index (κ1) is 12.7. The summed E-state index contributed by atoms with van der Waals surface area (Å²) in [5.41, 5.74) is 0.471. The van der Waals surface area contributed by atoms with Crippen molar-refractivity contribution in [3.05, 3.63) is 47.9 Å². The minimum Gasteiger partial charge on any atom is -0.508 e. The highest BCUT2D eigenvalue weighted by atomic mass is 16.4. The Balaban J connectivity index is 2.25. The highest BCUT2D eigenvalue weighted by Gasteiger charge is 2.19. The molecule has 1 amide bonds. The van der Waals surface area contributed by atoms with E-state index in [4.69, 9.17) is 9.52 Å². The van der Waals surface area contributed by atoms with Gasteiger partial charge in [-0.2, -0.15) is 0 Å². The van der Waals surface area contributed by atoms with Gasteiger partial charge in [0.25, 0.3) is 5.91 Å². The zero-order chi connectivity index (χ0) is 14.0. The molecule has 0 saturated heterocycles. The fraction of sp³-hybridized carbons (Fsp3) is 0.0769. The number of carbonyl (C=O) groups excluding carboxylic acids is 1. The Bertz CT molecular complexity index is 631. The highest BCUT2D eigenvalue weighted by molar-refractivity contribution is 6.04. The number of amides is 1. The predicted molar refractivity (Wildman–Crippen MR) is 66.5 cm³/mol. The molecule has 1 aromatic carbocycles. The molecule has 98 valence electrons. The number of carboxylic acids is 1. The number of hydrogen-bond donors (Lipinski definition) is 2. The van der Waals surface area contributed by atoms with E-state index in [0.717, 1.165) is 0 Å². The van der Waals surface area contributed by atoms with Crippen molar-refractivity contribution in [1.82, 2.24) is 0 Å². The molecule has 0 radical (unpaired) electrons. The summed E-state index contributed by atoms with van der Waals surface area (Å²) in [6.07, 6.45) is 0. The van der Waals surface area contributed by atoms with Gasteiger partial charge < -0.3 is 19.5 Å². The van der Waals surface area contributed by atoms with Gasteiger partial charge >= 0.3 is 5.97 Å². The molecule has 0 fully saturated rings. The molecule has 2 aromatic rings.